The van der Waals surface area contributed by atoms with Gasteiger partial charge in [-0.15, -0.1) is 0 Å². The molecule has 1 amide bonds. The van der Waals surface area contributed by atoms with Crippen molar-refractivity contribution in [3.63, 3.8) is 0 Å². The molecule has 2 rings (SSSR count). The Morgan fingerprint density at radius 2 is 1.90 bits per heavy atom. The summed E-state index contributed by atoms with van der Waals surface area (Å²) in [4.78, 5) is 14.4. The van der Waals surface area contributed by atoms with Gasteiger partial charge >= 0.3 is 12.1 Å². The van der Waals surface area contributed by atoms with Gasteiger partial charge in [-0.05, 0) is 18.9 Å². The number of halogens is 5. The van der Waals surface area contributed by atoms with Crippen molar-refractivity contribution in [2.45, 2.75) is 38.3 Å². The number of aromatic nitrogens is 1. The van der Waals surface area contributed by atoms with Gasteiger partial charge in [0.15, 0.2) is 0 Å². The first-order valence-electron chi connectivity index (χ1n) is 6.47. The average molecular weight is 343 g/mol. The van der Waals surface area contributed by atoms with E-state index < -0.39 is 11.7 Å². The molecule has 8 heteroatoms. The van der Waals surface area contributed by atoms with E-state index in [1.807, 2.05) is 0 Å². The Bertz CT molecular complexity index is 503. The Morgan fingerprint density at radius 1 is 1.29 bits per heavy atom. The molecule has 1 heterocycles. The van der Waals surface area contributed by atoms with E-state index in [2.05, 4.69) is 10.3 Å². The second-order valence-corrected chi connectivity index (χ2v) is 5.34. The summed E-state index contributed by atoms with van der Waals surface area (Å²) in [6.45, 7) is 0. The minimum atomic E-state index is -4.47. The fourth-order valence-electron chi connectivity index (χ4n) is 2.32. The molecule has 3 nitrogen and oxygen atoms in total. The van der Waals surface area contributed by atoms with Gasteiger partial charge in [0, 0.05) is 0 Å². The number of hydrogen-bond acceptors (Lipinski definition) is 1. The fourth-order valence-corrected chi connectivity index (χ4v) is 2.54. The third kappa shape index (κ3) is 4.74. The van der Waals surface area contributed by atoms with Crippen LogP contribution < -0.4 is 22.7 Å². The van der Waals surface area contributed by atoms with Gasteiger partial charge in [0.05, 0.1) is 11.5 Å². The van der Waals surface area contributed by atoms with E-state index in [0.717, 1.165) is 44.4 Å². The fraction of sp³-hybridized carbons (Fsp3) is 0.538. The first-order valence-corrected chi connectivity index (χ1v) is 6.85. The Morgan fingerprint density at radius 3 is 2.43 bits per heavy atom. The van der Waals surface area contributed by atoms with Crippen LogP contribution in [0.4, 0.5) is 19.0 Å². The average Bonchev–Trinajstić information content (AvgIpc) is 2.41. The maximum absolute atomic E-state index is 12.5. The van der Waals surface area contributed by atoms with Crippen LogP contribution in [0.5, 0.6) is 0 Å². The minimum Gasteiger partial charge on any atom is -1.00 e. The summed E-state index contributed by atoms with van der Waals surface area (Å²) < 4.78 is 37.5. The van der Waals surface area contributed by atoms with E-state index in [1.165, 1.54) is 0 Å². The van der Waals surface area contributed by atoms with Crippen LogP contribution in [0.1, 0.15) is 37.7 Å². The number of hydrogen-bond donors (Lipinski definition) is 1. The number of aromatic amines is 1. The zero-order chi connectivity index (χ0) is 14.8. The van der Waals surface area contributed by atoms with E-state index in [-0.39, 0.29) is 35.1 Å². The summed E-state index contributed by atoms with van der Waals surface area (Å²) >= 11 is 5.77. The van der Waals surface area contributed by atoms with Crippen LogP contribution in [-0.4, -0.2) is 5.91 Å². The summed E-state index contributed by atoms with van der Waals surface area (Å²) in [6.07, 6.45) is 1.07. The van der Waals surface area contributed by atoms with Crippen molar-refractivity contribution in [2.75, 3.05) is 5.32 Å². The predicted octanol–water partition coefficient (Wildman–Crippen LogP) is 0.696. The van der Waals surface area contributed by atoms with Crippen LogP contribution in [0, 0.1) is 5.92 Å². The highest BCUT2D eigenvalue weighted by Crippen LogP contribution is 2.31. The van der Waals surface area contributed by atoms with Crippen LogP contribution in [-0.2, 0) is 11.0 Å². The molecule has 0 spiro atoms. The normalized spacial score (nSPS) is 16.2. The molecule has 1 aromatic heterocycles. The molecule has 1 aliphatic rings. The molecule has 1 fully saturated rings. The molecule has 0 saturated heterocycles. The molecule has 1 aliphatic carbocycles. The summed E-state index contributed by atoms with van der Waals surface area (Å²) in [5.41, 5.74) is -0.877. The van der Waals surface area contributed by atoms with Crippen molar-refractivity contribution in [3.05, 3.63) is 22.8 Å². The van der Waals surface area contributed by atoms with E-state index in [4.69, 9.17) is 11.6 Å². The molecule has 1 aromatic rings. The van der Waals surface area contributed by atoms with Crippen LogP contribution in [0.3, 0.4) is 0 Å². The molecule has 0 aromatic carbocycles. The number of pyridine rings is 1. The SMILES string of the molecule is O=C(Nc1[nH+]cc(C(F)(F)F)cc1Cl)C1CCCCC1.[Cl-]. The summed E-state index contributed by atoms with van der Waals surface area (Å²) in [7, 11) is 0. The molecule has 0 atom stereocenters. The summed E-state index contributed by atoms with van der Waals surface area (Å²) in [6, 6.07) is 0.800. The van der Waals surface area contributed by atoms with Crippen molar-refractivity contribution in [1.29, 1.82) is 0 Å². The van der Waals surface area contributed by atoms with E-state index in [1.54, 1.807) is 0 Å². The van der Waals surface area contributed by atoms with Gasteiger partial charge in [0.25, 0.3) is 5.82 Å². The lowest BCUT2D eigenvalue weighted by Gasteiger charge is -2.18. The first kappa shape index (κ1) is 18.0. The van der Waals surface area contributed by atoms with Crippen LogP contribution in [0.15, 0.2) is 12.3 Å². The lowest BCUT2D eigenvalue weighted by molar-refractivity contribution is -0.364. The molecular formula is C13H15Cl2F3N2O. The van der Waals surface area contributed by atoms with Gasteiger partial charge in [-0.2, -0.15) is 13.2 Å². The molecule has 1 saturated carbocycles. The summed E-state index contributed by atoms with van der Waals surface area (Å²) in [5, 5.41) is 2.42. The van der Waals surface area contributed by atoms with Gasteiger partial charge in [-0.25, -0.2) is 15.1 Å². The van der Waals surface area contributed by atoms with Crippen LogP contribution >= 0.6 is 11.6 Å². The number of carbonyl (C=O) groups excluding carboxylic acids is 1. The highest BCUT2D eigenvalue weighted by Gasteiger charge is 2.33. The number of rotatable bonds is 2. The molecule has 21 heavy (non-hydrogen) atoms. The molecule has 118 valence electrons. The van der Waals surface area contributed by atoms with Crippen molar-refractivity contribution >= 4 is 23.3 Å². The monoisotopic (exact) mass is 342 g/mol. The molecular weight excluding hydrogens is 328 g/mol. The van der Waals surface area contributed by atoms with E-state index in [0.29, 0.717) is 0 Å². The minimum absolute atomic E-state index is 0. The number of anilines is 1. The maximum Gasteiger partial charge on any atom is 0.419 e. The molecule has 0 unspecified atom stereocenters. The standard InChI is InChI=1S/C13H14ClF3N2O.ClH/c14-10-6-9(13(15,16)17)7-18-11(10)19-12(20)8-4-2-1-3-5-8;/h6-8H,1-5H2,(H,18,19,20);1H. The Balaban J connectivity index is 0.00000220. The third-order valence-corrected chi connectivity index (χ3v) is 3.74. The highest BCUT2D eigenvalue weighted by atomic mass is 35.5. The zero-order valence-electron chi connectivity index (χ0n) is 11.1. The van der Waals surface area contributed by atoms with Gasteiger partial charge < -0.3 is 12.4 Å². The largest absolute Gasteiger partial charge is 1.00 e. The van der Waals surface area contributed by atoms with Gasteiger partial charge in [0.1, 0.15) is 11.2 Å². The second kappa shape index (κ2) is 7.31. The van der Waals surface area contributed by atoms with Crippen molar-refractivity contribution in [2.24, 2.45) is 5.92 Å². The number of H-pyrrole nitrogens is 1. The molecule has 0 aliphatic heterocycles. The molecule has 2 N–H and O–H groups in total. The van der Waals surface area contributed by atoms with Crippen molar-refractivity contribution in [3.8, 4) is 0 Å². The van der Waals surface area contributed by atoms with E-state index in [9.17, 15) is 18.0 Å². The Kier molecular flexibility index (Phi) is 6.28. The lowest BCUT2D eigenvalue weighted by atomic mass is 9.89. The van der Waals surface area contributed by atoms with Crippen molar-refractivity contribution in [1.82, 2.24) is 0 Å². The van der Waals surface area contributed by atoms with Gasteiger partial charge in [0.2, 0.25) is 0 Å². The van der Waals surface area contributed by atoms with Crippen molar-refractivity contribution < 1.29 is 35.4 Å². The van der Waals surface area contributed by atoms with Crippen LogP contribution in [0.25, 0.3) is 0 Å². The lowest BCUT2D eigenvalue weighted by Crippen LogP contribution is -3.00. The Labute approximate surface area is 131 Å². The third-order valence-electron chi connectivity index (χ3n) is 3.44. The number of alkyl halides is 3. The Hall–Kier alpha value is -1.01. The number of carbonyl (C=O) groups is 1. The first-order chi connectivity index (χ1) is 9.38. The topological polar surface area (TPSA) is 43.2 Å². The highest BCUT2D eigenvalue weighted by molar-refractivity contribution is 6.33. The number of amides is 1. The predicted molar refractivity (Wildman–Crippen MR) is 68.2 cm³/mol. The summed E-state index contributed by atoms with van der Waals surface area (Å²) in [5.74, 6) is -0.173. The van der Waals surface area contributed by atoms with Gasteiger partial charge in [-0.1, -0.05) is 30.9 Å². The second-order valence-electron chi connectivity index (χ2n) is 4.93. The number of nitrogens with one attached hydrogen (secondary N) is 2. The van der Waals surface area contributed by atoms with Crippen LogP contribution in [0.2, 0.25) is 5.02 Å². The molecule has 0 radical (unpaired) electrons. The smallest absolute Gasteiger partial charge is 0.419 e. The quantitative estimate of drug-likeness (QED) is 0.844. The maximum atomic E-state index is 12.5. The van der Waals surface area contributed by atoms with E-state index >= 15 is 0 Å². The van der Waals surface area contributed by atoms with Gasteiger partial charge in [-0.3, -0.25) is 0 Å². The molecule has 0 bridgehead atoms. The zero-order valence-corrected chi connectivity index (χ0v) is 12.6.